The molecule has 1 saturated carbocycles. The Morgan fingerprint density at radius 2 is 2.11 bits per heavy atom. The highest BCUT2D eigenvalue weighted by molar-refractivity contribution is 5.80. The molecular weight excluding hydrogens is 352 g/mol. The number of aromatic nitrogens is 2. The normalized spacial score (nSPS) is 26.3. The number of ether oxygens (including phenoxy) is 2. The van der Waals surface area contributed by atoms with Crippen molar-refractivity contribution in [2.75, 3.05) is 13.2 Å². The van der Waals surface area contributed by atoms with E-state index in [2.05, 4.69) is 18.0 Å². The minimum atomic E-state index is -0.130. The van der Waals surface area contributed by atoms with Crippen LogP contribution in [0.3, 0.4) is 0 Å². The lowest BCUT2D eigenvalue weighted by Crippen LogP contribution is -2.59. The smallest absolute Gasteiger partial charge is 0.213 e. The lowest BCUT2D eigenvalue weighted by atomic mass is 9.70. The molecule has 0 unspecified atom stereocenters. The molecule has 28 heavy (non-hydrogen) atoms. The number of hydrogen-bond acceptors (Lipinski definition) is 6. The molecule has 5 rings (SSSR count). The fourth-order valence-electron chi connectivity index (χ4n) is 4.31. The largest absolute Gasteiger partial charge is 0.478 e. The van der Waals surface area contributed by atoms with Crippen LogP contribution in [0.1, 0.15) is 63.0 Å². The molecule has 0 radical (unpaired) electrons. The number of nitrogens with two attached hydrogens (primary N) is 1. The first-order valence-corrected chi connectivity index (χ1v) is 10.3. The summed E-state index contributed by atoms with van der Waals surface area (Å²) in [6.07, 6.45) is 9.36. The van der Waals surface area contributed by atoms with Crippen LogP contribution in [0.2, 0.25) is 0 Å². The van der Waals surface area contributed by atoms with E-state index in [4.69, 9.17) is 20.2 Å². The number of pyridine rings is 2. The molecule has 0 atom stereocenters. The van der Waals surface area contributed by atoms with Crippen molar-refractivity contribution in [3.63, 3.8) is 0 Å². The maximum atomic E-state index is 9.62. The first-order chi connectivity index (χ1) is 13.6. The topological polar surface area (TPSA) is 94.0 Å². The van der Waals surface area contributed by atoms with E-state index in [1.165, 1.54) is 0 Å². The Bertz CT molecular complexity index is 881. The highest BCUT2D eigenvalue weighted by Gasteiger charge is 2.47. The molecule has 3 aliphatic rings. The maximum Gasteiger partial charge on any atom is 0.213 e. The molecule has 4 heterocycles. The molecule has 3 fully saturated rings. The van der Waals surface area contributed by atoms with Crippen molar-refractivity contribution < 1.29 is 9.47 Å². The summed E-state index contributed by atoms with van der Waals surface area (Å²) in [7, 11) is 0. The monoisotopic (exact) mass is 380 g/mol. The number of aryl methyl sites for hydroxylation is 1. The SMILES string of the molecule is CCCCOc1ccc2ncc(C#N)c(CCC34CCC(N)(CC3)CO4)c2n1. The molecule has 0 amide bonds. The van der Waals surface area contributed by atoms with Gasteiger partial charge in [-0.1, -0.05) is 13.3 Å². The second kappa shape index (κ2) is 7.65. The summed E-state index contributed by atoms with van der Waals surface area (Å²) < 4.78 is 12.0. The summed E-state index contributed by atoms with van der Waals surface area (Å²) in [6, 6.07) is 6.07. The maximum absolute atomic E-state index is 9.62. The summed E-state index contributed by atoms with van der Waals surface area (Å²) in [5, 5.41) is 9.62. The van der Waals surface area contributed by atoms with Crippen LogP contribution in [0, 0.1) is 11.3 Å². The van der Waals surface area contributed by atoms with E-state index < -0.39 is 0 Å². The third-order valence-corrected chi connectivity index (χ3v) is 6.31. The molecule has 2 aromatic heterocycles. The summed E-state index contributed by atoms with van der Waals surface area (Å²) >= 11 is 0. The zero-order chi connectivity index (χ0) is 19.6. The molecule has 0 spiro atoms. The van der Waals surface area contributed by atoms with E-state index in [1.807, 2.05) is 12.1 Å². The van der Waals surface area contributed by atoms with E-state index in [0.29, 0.717) is 24.7 Å². The minimum absolute atomic E-state index is 0.112. The molecule has 6 heteroatoms. The van der Waals surface area contributed by atoms with Gasteiger partial charge in [0.2, 0.25) is 5.88 Å². The Morgan fingerprint density at radius 1 is 1.29 bits per heavy atom. The van der Waals surface area contributed by atoms with Gasteiger partial charge in [0.25, 0.3) is 0 Å². The number of hydrogen-bond donors (Lipinski definition) is 1. The molecule has 2 N–H and O–H groups in total. The molecule has 2 saturated heterocycles. The van der Waals surface area contributed by atoms with Crippen LogP contribution in [0.5, 0.6) is 5.88 Å². The molecule has 6 nitrogen and oxygen atoms in total. The van der Waals surface area contributed by atoms with Crippen LogP contribution in [0.4, 0.5) is 0 Å². The van der Waals surface area contributed by atoms with Crippen LogP contribution < -0.4 is 10.5 Å². The van der Waals surface area contributed by atoms with Crippen LogP contribution >= 0.6 is 0 Å². The number of unbranched alkanes of at least 4 members (excludes halogenated alkanes) is 1. The van der Waals surface area contributed by atoms with Crippen LogP contribution in [-0.2, 0) is 11.2 Å². The van der Waals surface area contributed by atoms with Crippen molar-refractivity contribution >= 4 is 11.0 Å². The highest BCUT2D eigenvalue weighted by Crippen LogP contribution is 2.45. The number of fused-ring (bicyclic) bond motifs is 4. The highest BCUT2D eigenvalue weighted by atomic mass is 16.5. The van der Waals surface area contributed by atoms with E-state index in [1.54, 1.807) is 6.20 Å². The molecule has 0 aromatic carbocycles. The van der Waals surface area contributed by atoms with Gasteiger partial charge >= 0.3 is 0 Å². The number of nitriles is 1. The zero-order valence-electron chi connectivity index (χ0n) is 16.5. The summed E-state index contributed by atoms with van der Waals surface area (Å²) in [6.45, 7) is 3.42. The van der Waals surface area contributed by atoms with Gasteiger partial charge in [-0.05, 0) is 56.6 Å². The summed E-state index contributed by atoms with van der Waals surface area (Å²) in [5.74, 6) is 0.594. The fraction of sp³-hybridized carbons (Fsp3) is 0.591. The summed E-state index contributed by atoms with van der Waals surface area (Å²) in [4.78, 5) is 9.10. The molecule has 2 aliphatic heterocycles. The van der Waals surface area contributed by atoms with Crippen molar-refractivity contribution in [1.82, 2.24) is 9.97 Å². The Morgan fingerprint density at radius 3 is 2.79 bits per heavy atom. The van der Waals surface area contributed by atoms with Gasteiger partial charge in [0, 0.05) is 17.8 Å². The van der Waals surface area contributed by atoms with Gasteiger partial charge in [-0.15, -0.1) is 0 Å². The lowest BCUT2D eigenvalue weighted by Gasteiger charge is -2.51. The van der Waals surface area contributed by atoms with Gasteiger partial charge < -0.3 is 15.2 Å². The minimum Gasteiger partial charge on any atom is -0.478 e. The van der Waals surface area contributed by atoms with Crippen LogP contribution in [0.25, 0.3) is 11.0 Å². The fourth-order valence-corrected chi connectivity index (χ4v) is 4.31. The third kappa shape index (κ3) is 3.69. The van der Waals surface area contributed by atoms with E-state index >= 15 is 0 Å². The quantitative estimate of drug-likeness (QED) is 0.737. The van der Waals surface area contributed by atoms with Gasteiger partial charge in [0.1, 0.15) is 6.07 Å². The molecular formula is C22H28N4O2. The summed E-state index contributed by atoms with van der Waals surface area (Å²) in [5.41, 5.74) is 9.20. The van der Waals surface area contributed by atoms with Crippen molar-refractivity contribution in [3.8, 4) is 11.9 Å². The first-order valence-electron chi connectivity index (χ1n) is 10.3. The van der Waals surface area contributed by atoms with Crippen molar-refractivity contribution in [3.05, 3.63) is 29.5 Å². The van der Waals surface area contributed by atoms with E-state index in [9.17, 15) is 5.26 Å². The number of nitrogens with zero attached hydrogens (tertiary/aromatic N) is 3. The zero-order valence-corrected chi connectivity index (χ0v) is 16.5. The van der Waals surface area contributed by atoms with Gasteiger partial charge in [-0.2, -0.15) is 5.26 Å². The average molecular weight is 380 g/mol. The van der Waals surface area contributed by atoms with Crippen LogP contribution in [-0.4, -0.2) is 34.3 Å². The second-order valence-corrected chi connectivity index (χ2v) is 8.32. The van der Waals surface area contributed by atoms with Gasteiger partial charge in [0.05, 0.1) is 35.4 Å². The predicted octanol–water partition coefficient (Wildman–Crippen LogP) is 3.65. The van der Waals surface area contributed by atoms with E-state index in [0.717, 1.165) is 68.0 Å². The average Bonchev–Trinajstić information content (AvgIpc) is 2.73. The number of rotatable bonds is 7. The first kappa shape index (κ1) is 19.1. The van der Waals surface area contributed by atoms with Gasteiger partial charge in [-0.3, -0.25) is 4.98 Å². The van der Waals surface area contributed by atoms with Crippen molar-refractivity contribution in [1.29, 1.82) is 5.26 Å². The third-order valence-electron chi connectivity index (χ3n) is 6.31. The molecule has 1 aliphatic carbocycles. The standard InChI is InChI=1S/C22H28N4O2/c1-2-3-12-27-19-5-4-18-20(26-19)17(16(13-23)14-25-18)6-7-22-10-8-21(24,9-11-22)15-28-22/h4-5,14H,2-3,6-12,15,24H2,1H3. The molecule has 148 valence electrons. The predicted molar refractivity (Wildman–Crippen MR) is 107 cm³/mol. The van der Waals surface area contributed by atoms with Crippen LogP contribution in [0.15, 0.2) is 18.3 Å². The lowest BCUT2D eigenvalue weighted by molar-refractivity contribution is -0.156. The van der Waals surface area contributed by atoms with Gasteiger partial charge in [-0.25, -0.2) is 4.98 Å². The Labute approximate surface area is 166 Å². The molecule has 2 bridgehead atoms. The van der Waals surface area contributed by atoms with Crippen molar-refractivity contribution in [2.45, 2.75) is 69.4 Å². The Hall–Kier alpha value is -2.23. The van der Waals surface area contributed by atoms with Crippen molar-refractivity contribution in [2.24, 2.45) is 5.73 Å². The van der Waals surface area contributed by atoms with Gasteiger partial charge in [0.15, 0.2) is 0 Å². The Balaban J connectivity index is 1.59. The van der Waals surface area contributed by atoms with E-state index in [-0.39, 0.29) is 11.1 Å². The Kier molecular flexibility index (Phi) is 5.22. The molecule has 2 aromatic rings. The second-order valence-electron chi connectivity index (χ2n) is 8.32.